The second-order valence-electron chi connectivity index (χ2n) is 4.70. The summed E-state index contributed by atoms with van der Waals surface area (Å²) in [6, 6.07) is 10.9. The van der Waals surface area contributed by atoms with Crippen molar-refractivity contribution < 1.29 is 0 Å². The lowest BCUT2D eigenvalue weighted by Crippen LogP contribution is -2.23. The Morgan fingerprint density at radius 1 is 1.21 bits per heavy atom. The number of rotatable bonds is 4. The van der Waals surface area contributed by atoms with Crippen molar-refractivity contribution in [3.8, 4) is 0 Å². The molecule has 3 heteroatoms. The highest BCUT2D eigenvalue weighted by atomic mass is 127. The molecule has 2 nitrogen and oxygen atoms in total. The van der Waals surface area contributed by atoms with E-state index in [0.717, 1.165) is 12.2 Å². The molecule has 0 fully saturated rings. The van der Waals surface area contributed by atoms with Crippen LogP contribution >= 0.6 is 22.6 Å². The van der Waals surface area contributed by atoms with Gasteiger partial charge in [0, 0.05) is 15.5 Å². The minimum absolute atomic E-state index is 0.213. The van der Waals surface area contributed by atoms with Crippen molar-refractivity contribution in [3.63, 3.8) is 0 Å². The molecule has 2 aromatic rings. The molecule has 0 aliphatic heterocycles. The van der Waals surface area contributed by atoms with E-state index in [9.17, 15) is 0 Å². The summed E-state index contributed by atoms with van der Waals surface area (Å²) in [5.74, 6) is 0. The fourth-order valence-electron chi connectivity index (χ4n) is 2.15. The van der Waals surface area contributed by atoms with E-state index >= 15 is 0 Å². The van der Waals surface area contributed by atoms with Gasteiger partial charge in [-0.2, -0.15) is 0 Å². The molecule has 1 aromatic carbocycles. The number of hydrogen-bond acceptors (Lipinski definition) is 2. The minimum atomic E-state index is 0.213. The summed E-state index contributed by atoms with van der Waals surface area (Å²) >= 11 is 2.43. The van der Waals surface area contributed by atoms with Crippen LogP contribution in [0.15, 0.2) is 36.5 Å². The number of aromatic nitrogens is 1. The predicted molar refractivity (Wildman–Crippen MR) is 88.4 cm³/mol. The van der Waals surface area contributed by atoms with Gasteiger partial charge in [0.15, 0.2) is 0 Å². The van der Waals surface area contributed by atoms with Gasteiger partial charge in [-0.1, -0.05) is 31.2 Å². The minimum Gasteiger partial charge on any atom is -0.306 e. The third-order valence-corrected chi connectivity index (χ3v) is 4.68. The molecule has 2 rings (SSSR count). The highest BCUT2D eigenvalue weighted by Gasteiger charge is 2.16. The van der Waals surface area contributed by atoms with Crippen LogP contribution in [0.25, 0.3) is 0 Å². The van der Waals surface area contributed by atoms with Crippen molar-refractivity contribution >= 4 is 22.6 Å². The van der Waals surface area contributed by atoms with Crippen LogP contribution in [0.3, 0.4) is 0 Å². The Kier molecular flexibility index (Phi) is 4.93. The van der Waals surface area contributed by atoms with Gasteiger partial charge in [0.25, 0.3) is 0 Å². The number of nitrogens with zero attached hydrogens (tertiary/aromatic N) is 1. The molecule has 0 saturated carbocycles. The number of nitrogens with one attached hydrogen (secondary N) is 1. The summed E-state index contributed by atoms with van der Waals surface area (Å²) in [6.45, 7) is 7.24. The Morgan fingerprint density at radius 3 is 2.63 bits per heavy atom. The second kappa shape index (κ2) is 6.48. The van der Waals surface area contributed by atoms with E-state index in [1.807, 2.05) is 13.1 Å². The first kappa shape index (κ1) is 14.5. The van der Waals surface area contributed by atoms with E-state index in [4.69, 9.17) is 0 Å². The third-order valence-electron chi connectivity index (χ3n) is 3.21. The number of hydrogen-bond donors (Lipinski definition) is 1. The lowest BCUT2D eigenvalue weighted by atomic mass is 9.98. The van der Waals surface area contributed by atoms with E-state index in [-0.39, 0.29) is 6.04 Å². The van der Waals surface area contributed by atoms with Crippen LogP contribution in [0.2, 0.25) is 0 Å². The monoisotopic (exact) mass is 366 g/mol. The van der Waals surface area contributed by atoms with Gasteiger partial charge in [-0.25, -0.2) is 0 Å². The van der Waals surface area contributed by atoms with E-state index in [1.165, 1.54) is 20.3 Å². The largest absolute Gasteiger partial charge is 0.306 e. The van der Waals surface area contributed by atoms with Crippen LogP contribution < -0.4 is 5.32 Å². The number of pyridine rings is 1. The highest BCUT2D eigenvalue weighted by molar-refractivity contribution is 14.1. The fourth-order valence-corrected chi connectivity index (χ4v) is 2.83. The van der Waals surface area contributed by atoms with E-state index in [1.54, 1.807) is 0 Å². The first-order valence-electron chi connectivity index (χ1n) is 6.54. The second-order valence-corrected chi connectivity index (χ2v) is 5.78. The van der Waals surface area contributed by atoms with Crippen LogP contribution in [-0.2, 0) is 0 Å². The van der Waals surface area contributed by atoms with Crippen LogP contribution in [0, 0.1) is 17.4 Å². The smallest absolute Gasteiger partial charge is 0.0602 e. The SMILES string of the molecule is CCNC(c1ccc(C)nc1)c1cccc(C)c1I. The molecule has 1 atom stereocenters. The quantitative estimate of drug-likeness (QED) is 0.828. The average molecular weight is 366 g/mol. The molecular weight excluding hydrogens is 347 g/mol. The molecular formula is C16H19IN2. The summed E-state index contributed by atoms with van der Waals surface area (Å²) < 4.78 is 1.33. The van der Waals surface area contributed by atoms with Crippen LogP contribution in [0.1, 0.15) is 35.3 Å². The van der Waals surface area contributed by atoms with Gasteiger partial charge in [-0.3, -0.25) is 4.98 Å². The molecule has 0 bridgehead atoms. The molecule has 0 saturated heterocycles. The van der Waals surface area contributed by atoms with Gasteiger partial charge in [-0.05, 0) is 65.7 Å². The molecule has 0 spiro atoms. The van der Waals surface area contributed by atoms with Crippen molar-refractivity contribution in [2.75, 3.05) is 6.54 Å². The summed E-state index contributed by atoms with van der Waals surface area (Å²) in [4.78, 5) is 4.42. The Hall–Kier alpha value is -0.940. The number of aryl methyl sites for hydroxylation is 2. The van der Waals surface area contributed by atoms with E-state index in [2.05, 4.69) is 77.1 Å². The molecule has 1 N–H and O–H groups in total. The van der Waals surface area contributed by atoms with Gasteiger partial charge >= 0.3 is 0 Å². The fraction of sp³-hybridized carbons (Fsp3) is 0.312. The van der Waals surface area contributed by atoms with Gasteiger partial charge in [0.05, 0.1) is 6.04 Å². The van der Waals surface area contributed by atoms with Crippen LogP contribution in [0.4, 0.5) is 0 Å². The van der Waals surface area contributed by atoms with Crippen LogP contribution in [0.5, 0.6) is 0 Å². The molecule has 1 unspecified atom stereocenters. The zero-order chi connectivity index (χ0) is 13.8. The molecule has 0 amide bonds. The van der Waals surface area contributed by atoms with Crippen molar-refractivity contribution in [2.24, 2.45) is 0 Å². The lowest BCUT2D eigenvalue weighted by Gasteiger charge is -2.21. The van der Waals surface area contributed by atoms with Crippen molar-refractivity contribution in [2.45, 2.75) is 26.8 Å². The molecule has 19 heavy (non-hydrogen) atoms. The van der Waals surface area contributed by atoms with Gasteiger partial charge in [0.2, 0.25) is 0 Å². The van der Waals surface area contributed by atoms with Gasteiger partial charge < -0.3 is 5.32 Å². The Bertz CT molecular complexity index is 549. The summed E-state index contributed by atoms with van der Waals surface area (Å²) in [5, 5.41) is 3.56. The third kappa shape index (κ3) is 3.34. The first-order chi connectivity index (χ1) is 9.13. The summed E-state index contributed by atoms with van der Waals surface area (Å²) in [6.07, 6.45) is 1.97. The molecule has 100 valence electrons. The highest BCUT2D eigenvalue weighted by Crippen LogP contribution is 2.27. The number of benzene rings is 1. The first-order valence-corrected chi connectivity index (χ1v) is 7.62. The van der Waals surface area contributed by atoms with Crippen molar-refractivity contribution in [1.29, 1.82) is 0 Å². The average Bonchev–Trinajstić information content (AvgIpc) is 2.41. The maximum Gasteiger partial charge on any atom is 0.0602 e. The standard InChI is InChI=1S/C16H19IN2/c1-4-18-16(13-9-8-12(3)19-10-13)14-7-5-6-11(2)15(14)17/h5-10,16,18H,4H2,1-3H3. The summed E-state index contributed by atoms with van der Waals surface area (Å²) in [5.41, 5.74) is 4.92. The Labute approximate surface area is 128 Å². The Balaban J connectivity index is 2.45. The molecule has 0 aliphatic carbocycles. The maximum absolute atomic E-state index is 4.42. The maximum atomic E-state index is 4.42. The zero-order valence-corrected chi connectivity index (χ0v) is 13.7. The Morgan fingerprint density at radius 2 is 2.00 bits per heavy atom. The topological polar surface area (TPSA) is 24.9 Å². The number of halogens is 1. The van der Waals surface area contributed by atoms with Crippen molar-refractivity contribution in [1.82, 2.24) is 10.3 Å². The lowest BCUT2D eigenvalue weighted by molar-refractivity contribution is 0.625. The van der Waals surface area contributed by atoms with Gasteiger partial charge in [0.1, 0.15) is 0 Å². The molecule has 0 radical (unpaired) electrons. The van der Waals surface area contributed by atoms with Gasteiger partial charge in [-0.15, -0.1) is 0 Å². The zero-order valence-electron chi connectivity index (χ0n) is 11.6. The normalized spacial score (nSPS) is 12.4. The molecule has 1 aromatic heterocycles. The predicted octanol–water partition coefficient (Wildman–Crippen LogP) is 4.00. The van der Waals surface area contributed by atoms with E-state index in [0.29, 0.717) is 0 Å². The van der Waals surface area contributed by atoms with Crippen molar-refractivity contribution in [3.05, 3.63) is 62.5 Å². The molecule has 0 aliphatic rings. The van der Waals surface area contributed by atoms with Crippen LogP contribution in [-0.4, -0.2) is 11.5 Å². The summed E-state index contributed by atoms with van der Waals surface area (Å²) in [7, 11) is 0. The molecule has 1 heterocycles. The van der Waals surface area contributed by atoms with E-state index < -0.39 is 0 Å².